The molecule has 5 rings (SSSR count). The van der Waals surface area contributed by atoms with Crippen molar-refractivity contribution in [2.75, 3.05) is 0 Å². The molecular weight excluding hydrogens is 358 g/mol. The average Bonchev–Trinajstić information content (AvgIpc) is 2.69. The SMILES string of the molecule is CC(=O)Oc1cc2oc3ccccc3[nH]c2c2c(=O)c3ccccc3c(=O)c12. The van der Waals surface area contributed by atoms with Gasteiger partial charge in [0.05, 0.1) is 21.8 Å². The van der Waals surface area contributed by atoms with Gasteiger partial charge in [-0.2, -0.15) is 0 Å². The minimum atomic E-state index is -0.592. The minimum Gasteiger partial charge on any atom is -0.453 e. The Morgan fingerprint density at radius 2 is 1.54 bits per heavy atom. The monoisotopic (exact) mass is 371 g/mol. The van der Waals surface area contributed by atoms with E-state index >= 15 is 0 Å². The Kier molecular flexibility index (Phi) is 3.36. The second kappa shape index (κ2) is 5.79. The topological polar surface area (TPSA) is 89.4 Å². The number of hydrogen-bond acceptors (Lipinski definition) is 5. The van der Waals surface area contributed by atoms with Crippen molar-refractivity contribution in [2.45, 2.75) is 6.92 Å². The van der Waals surface area contributed by atoms with E-state index < -0.39 is 5.97 Å². The first-order chi connectivity index (χ1) is 13.5. The van der Waals surface area contributed by atoms with Gasteiger partial charge in [0.25, 0.3) is 0 Å². The number of aromatic amines is 1. The van der Waals surface area contributed by atoms with E-state index in [9.17, 15) is 14.4 Å². The van der Waals surface area contributed by atoms with E-state index in [0.29, 0.717) is 27.6 Å². The van der Waals surface area contributed by atoms with Gasteiger partial charge in [0.1, 0.15) is 5.75 Å². The van der Waals surface area contributed by atoms with Crippen LogP contribution >= 0.6 is 0 Å². The molecule has 0 saturated heterocycles. The lowest BCUT2D eigenvalue weighted by Gasteiger charge is -2.11. The first-order valence-corrected chi connectivity index (χ1v) is 8.66. The standard InChI is InChI=1S/C22H13NO5/c1-11(24)27-16-10-17-20(23-14-8-4-5-9-15(14)28-17)19-18(16)21(25)12-6-2-3-7-13(12)22(19)26/h2-10,23H,1H3. The highest BCUT2D eigenvalue weighted by Crippen LogP contribution is 2.32. The predicted octanol–water partition coefficient (Wildman–Crippen LogP) is 3.87. The van der Waals surface area contributed by atoms with Gasteiger partial charge < -0.3 is 14.1 Å². The molecule has 28 heavy (non-hydrogen) atoms. The van der Waals surface area contributed by atoms with Crippen molar-refractivity contribution in [3.05, 3.63) is 75.0 Å². The molecule has 1 heterocycles. The number of hydrogen-bond donors (Lipinski definition) is 1. The van der Waals surface area contributed by atoms with Crippen molar-refractivity contribution in [2.24, 2.45) is 0 Å². The molecule has 0 radical (unpaired) electrons. The van der Waals surface area contributed by atoms with Crippen molar-refractivity contribution in [1.29, 1.82) is 0 Å². The van der Waals surface area contributed by atoms with Crippen LogP contribution < -0.4 is 15.6 Å². The van der Waals surface area contributed by atoms with E-state index in [1.807, 2.05) is 18.2 Å². The molecule has 0 aliphatic heterocycles. The molecule has 0 atom stereocenters. The number of carbonyl (C=O) groups is 1. The molecule has 0 fully saturated rings. The zero-order valence-corrected chi connectivity index (χ0v) is 14.7. The van der Waals surface area contributed by atoms with Crippen LogP contribution in [0, 0.1) is 0 Å². The van der Waals surface area contributed by atoms with Gasteiger partial charge in [-0.05, 0) is 12.1 Å². The van der Waals surface area contributed by atoms with Crippen molar-refractivity contribution in [3.8, 4) is 5.75 Å². The molecular formula is C22H13NO5. The lowest BCUT2D eigenvalue weighted by atomic mass is 10.0. The molecule has 0 saturated carbocycles. The average molecular weight is 371 g/mol. The highest BCUT2D eigenvalue weighted by Gasteiger charge is 2.20. The summed E-state index contributed by atoms with van der Waals surface area (Å²) in [6.07, 6.45) is 0. The molecule has 0 aliphatic rings. The maximum absolute atomic E-state index is 13.3. The van der Waals surface area contributed by atoms with Crippen molar-refractivity contribution >= 4 is 49.7 Å². The minimum absolute atomic E-state index is 0.00952. The van der Waals surface area contributed by atoms with Gasteiger partial charge in [-0.15, -0.1) is 0 Å². The van der Waals surface area contributed by atoms with Crippen LogP contribution in [0.2, 0.25) is 0 Å². The highest BCUT2D eigenvalue weighted by molar-refractivity contribution is 6.12. The van der Waals surface area contributed by atoms with Crippen LogP contribution in [0.15, 0.2) is 68.6 Å². The quantitative estimate of drug-likeness (QED) is 0.209. The Morgan fingerprint density at radius 1 is 0.893 bits per heavy atom. The van der Waals surface area contributed by atoms with Crippen molar-refractivity contribution in [3.63, 3.8) is 0 Å². The van der Waals surface area contributed by atoms with Gasteiger partial charge >= 0.3 is 5.97 Å². The van der Waals surface area contributed by atoms with E-state index in [0.717, 1.165) is 0 Å². The smallest absolute Gasteiger partial charge is 0.308 e. The van der Waals surface area contributed by atoms with Gasteiger partial charge in [0.15, 0.2) is 22.0 Å². The maximum Gasteiger partial charge on any atom is 0.308 e. The molecule has 0 aliphatic carbocycles. The van der Waals surface area contributed by atoms with Gasteiger partial charge in [-0.3, -0.25) is 14.4 Å². The summed E-state index contributed by atoms with van der Waals surface area (Å²) in [4.78, 5) is 41.3. The number of rotatable bonds is 1. The molecule has 5 aromatic rings. The summed E-state index contributed by atoms with van der Waals surface area (Å²) in [5.41, 5.74) is 1.25. The first-order valence-electron chi connectivity index (χ1n) is 8.66. The highest BCUT2D eigenvalue weighted by atomic mass is 16.5. The van der Waals surface area contributed by atoms with Gasteiger partial charge in [0, 0.05) is 23.8 Å². The number of nitrogens with one attached hydrogen (secondary N) is 1. The Labute approximate surface area is 157 Å². The van der Waals surface area contributed by atoms with E-state index in [-0.39, 0.29) is 32.8 Å². The number of benzene rings is 4. The van der Waals surface area contributed by atoms with E-state index in [4.69, 9.17) is 9.15 Å². The fourth-order valence-corrected chi connectivity index (χ4v) is 3.59. The third-order valence-corrected chi connectivity index (χ3v) is 4.75. The molecule has 1 aromatic heterocycles. The summed E-state index contributed by atoms with van der Waals surface area (Å²) in [6.45, 7) is 1.24. The summed E-state index contributed by atoms with van der Waals surface area (Å²) < 4.78 is 11.2. The number of para-hydroxylation sites is 2. The van der Waals surface area contributed by atoms with Crippen LogP contribution in [0.4, 0.5) is 0 Å². The van der Waals surface area contributed by atoms with E-state index in [1.54, 1.807) is 30.3 Å². The molecule has 0 spiro atoms. The summed E-state index contributed by atoms with van der Waals surface area (Å²) >= 11 is 0. The van der Waals surface area contributed by atoms with Crippen LogP contribution in [0.25, 0.3) is 43.7 Å². The maximum atomic E-state index is 13.3. The summed E-state index contributed by atoms with van der Waals surface area (Å²) in [7, 11) is 0. The zero-order valence-electron chi connectivity index (χ0n) is 14.7. The molecule has 0 amide bonds. The number of H-pyrrole nitrogens is 1. The summed E-state index contributed by atoms with van der Waals surface area (Å²) in [6, 6.07) is 15.3. The number of esters is 1. The molecule has 4 aromatic carbocycles. The Bertz CT molecular complexity index is 1560. The second-order valence-corrected chi connectivity index (χ2v) is 6.52. The Morgan fingerprint density at radius 3 is 2.25 bits per heavy atom. The van der Waals surface area contributed by atoms with Crippen molar-refractivity contribution in [1.82, 2.24) is 4.98 Å². The van der Waals surface area contributed by atoms with Crippen LogP contribution in [-0.2, 0) is 4.79 Å². The molecule has 6 nitrogen and oxygen atoms in total. The Hall–Kier alpha value is -3.93. The van der Waals surface area contributed by atoms with Crippen LogP contribution in [0.5, 0.6) is 5.75 Å². The molecule has 6 heteroatoms. The molecule has 136 valence electrons. The summed E-state index contributed by atoms with van der Waals surface area (Å²) in [5.74, 6) is -0.583. The Balaban J connectivity index is 2.12. The fourth-order valence-electron chi connectivity index (χ4n) is 3.59. The summed E-state index contributed by atoms with van der Waals surface area (Å²) in [5, 5.41) is 0.799. The normalized spacial score (nSPS) is 11.5. The lowest BCUT2D eigenvalue weighted by molar-refractivity contribution is -0.131. The third-order valence-electron chi connectivity index (χ3n) is 4.75. The van der Waals surface area contributed by atoms with Gasteiger partial charge in [0.2, 0.25) is 0 Å². The second-order valence-electron chi connectivity index (χ2n) is 6.52. The lowest BCUT2D eigenvalue weighted by Crippen LogP contribution is -2.15. The van der Waals surface area contributed by atoms with Crippen LogP contribution in [0.1, 0.15) is 6.92 Å². The molecule has 0 bridgehead atoms. The molecule has 1 N–H and O–H groups in total. The third kappa shape index (κ3) is 2.24. The van der Waals surface area contributed by atoms with Crippen LogP contribution in [0.3, 0.4) is 0 Å². The number of carbonyl (C=O) groups excluding carboxylic acids is 1. The van der Waals surface area contributed by atoms with Gasteiger partial charge in [-0.1, -0.05) is 36.4 Å². The van der Waals surface area contributed by atoms with E-state index in [1.165, 1.54) is 13.0 Å². The van der Waals surface area contributed by atoms with Gasteiger partial charge in [-0.25, -0.2) is 0 Å². The number of aromatic nitrogens is 1. The largest absolute Gasteiger partial charge is 0.453 e. The van der Waals surface area contributed by atoms with Crippen LogP contribution in [-0.4, -0.2) is 11.0 Å². The first kappa shape index (κ1) is 16.3. The molecule has 0 unspecified atom stereocenters. The number of fused-ring (bicyclic) bond motifs is 5. The predicted molar refractivity (Wildman–Crippen MR) is 107 cm³/mol. The number of ether oxygens (including phenoxy) is 1. The van der Waals surface area contributed by atoms with E-state index in [2.05, 4.69) is 4.98 Å². The zero-order chi connectivity index (χ0) is 19.4. The fraction of sp³-hybridized carbons (Fsp3) is 0.0455. The van der Waals surface area contributed by atoms with Crippen molar-refractivity contribution < 1.29 is 13.9 Å².